The number of ether oxygens (including phenoxy) is 1. The number of methoxy groups -OCH3 is 1. The van der Waals surface area contributed by atoms with Crippen LogP contribution in [0.3, 0.4) is 0 Å². The summed E-state index contributed by atoms with van der Waals surface area (Å²) in [4.78, 5) is 22.7. The average molecular weight is 257 g/mol. The molecule has 1 heterocycles. The summed E-state index contributed by atoms with van der Waals surface area (Å²) in [5.74, 6) is -1.02. The molecule has 2 N–H and O–H groups in total. The third-order valence-electron chi connectivity index (χ3n) is 2.11. The lowest BCUT2D eigenvalue weighted by Gasteiger charge is -2.04. The minimum Gasteiger partial charge on any atom is -0.481 e. The molecule has 0 aliphatic heterocycles. The Morgan fingerprint density at radius 1 is 1.53 bits per heavy atom. The van der Waals surface area contributed by atoms with Gasteiger partial charge in [0.1, 0.15) is 0 Å². The summed E-state index contributed by atoms with van der Waals surface area (Å²) < 4.78 is 4.98. The van der Waals surface area contributed by atoms with Crippen LogP contribution in [0, 0.1) is 0 Å². The van der Waals surface area contributed by atoms with Gasteiger partial charge in [-0.2, -0.15) is 0 Å². The van der Waals surface area contributed by atoms with Crippen LogP contribution in [-0.2, 0) is 16.1 Å². The monoisotopic (exact) mass is 257 g/mol. The lowest BCUT2D eigenvalue weighted by atomic mass is 10.2. The Morgan fingerprint density at radius 3 is 2.94 bits per heavy atom. The zero-order valence-electron chi connectivity index (χ0n) is 9.56. The number of carbonyl (C=O) groups is 2. The number of carbonyl (C=O) groups excluding carboxylic acids is 1. The first kappa shape index (κ1) is 13.7. The Kier molecular flexibility index (Phi) is 5.65. The summed E-state index contributed by atoms with van der Waals surface area (Å²) in [5.41, 5.74) is 0.855. The highest BCUT2D eigenvalue weighted by atomic mass is 32.1. The summed E-state index contributed by atoms with van der Waals surface area (Å²) in [7, 11) is 1.58. The molecule has 0 saturated carbocycles. The van der Waals surface area contributed by atoms with Crippen LogP contribution in [0.4, 0.5) is 0 Å². The lowest BCUT2D eigenvalue weighted by Crippen LogP contribution is -2.25. The third kappa shape index (κ3) is 4.54. The number of hydrogen-bond acceptors (Lipinski definition) is 4. The Bertz CT molecular complexity index is 389. The van der Waals surface area contributed by atoms with E-state index in [1.165, 1.54) is 11.3 Å². The second kappa shape index (κ2) is 7.03. The predicted molar refractivity (Wildman–Crippen MR) is 64.2 cm³/mol. The summed E-state index contributed by atoms with van der Waals surface area (Å²) in [5, 5.41) is 13.0. The lowest BCUT2D eigenvalue weighted by molar-refractivity contribution is -0.137. The first-order chi connectivity index (χ1) is 8.15. The molecular formula is C11H15NO4S. The van der Waals surface area contributed by atoms with Crippen molar-refractivity contribution in [2.75, 3.05) is 13.7 Å². The molecule has 0 unspecified atom stereocenters. The molecule has 94 valence electrons. The van der Waals surface area contributed by atoms with E-state index < -0.39 is 5.97 Å². The number of carboxylic acids is 1. The van der Waals surface area contributed by atoms with Crippen molar-refractivity contribution < 1.29 is 19.4 Å². The summed E-state index contributed by atoms with van der Waals surface area (Å²) in [6.07, 6.45) is 0.502. The number of carboxylic acid groups (broad SMARTS) is 1. The Balaban J connectivity index is 2.41. The number of thiophene rings is 1. The standard InChI is InChI=1S/C11H15NO4S/c1-16-7-8-4-6-17-10(8)11(15)12-5-2-3-9(13)14/h4,6H,2-3,5,7H2,1H3,(H,12,15)(H,13,14). The molecule has 0 bridgehead atoms. The first-order valence-electron chi connectivity index (χ1n) is 5.20. The van der Waals surface area contributed by atoms with Gasteiger partial charge in [-0.25, -0.2) is 0 Å². The fraction of sp³-hybridized carbons (Fsp3) is 0.455. The Morgan fingerprint density at radius 2 is 2.29 bits per heavy atom. The van der Waals surface area contributed by atoms with Crippen molar-refractivity contribution in [3.8, 4) is 0 Å². The second-order valence-corrected chi connectivity index (χ2v) is 4.38. The SMILES string of the molecule is COCc1ccsc1C(=O)NCCCC(=O)O. The van der Waals surface area contributed by atoms with Crippen LogP contribution in [0.25, 0.3) is 0 Å². The van der Waals surface area contributed by atoms with E-state index in [1.54, 1.807) is 7.11 Å². The maximum atomic E-state index is 11.7. The Hall–Kier alpha value is -1.40. The van der Waals surface area contributed by atoms with Gasteiger partial charge in [0.05, 0.1) is 11.5 Å². The molecular weight excluding hydrogens is 242 g/mol. The van der Waals surface area contributed by atoms with Crippen molar-refractivity contribution in [3.05, 3.63) is 21.9 Å². The molecule has 1 rings (SSSR count). The van der Waals surface area contributed by atoms with Gasteiger partial charge < -0.3 is 15.2 Å². The summed E-state index contributed by atoms with van der Waals surface area (Å²) >= 11 is 1.35. The van der Waals surface area contributed by atoms with Crippen molar-refractivity contribution in [3.63, 3.8) is 0 Å². The molecule has 0 aliphatic carbocycles. The fourth-order valence-electron chi connectivity index (χ4n) is 1.33. The molecule has 1 aromatic rings. The molecule has 5 nitrogen and oxygen atoms in total. The molecule has 1 amide bonds. The van der Waals surface area contributed by atoms with Crippen LogP contribution in [0.15, 0.2) is 11.4 Å². The van der Waals surface area contributed by atoms with Gasteiger partial charge >= 0.3 is 5.97 Å². The van der Waals surface area contributed by atoms with Gasteiger partial charge in [0.2, 0.25) is 0 Å². The zero-order valence-corrected chi connectivity index (χ0v) is 10.4. The first-order valence-corrected chi connectivity index (χ1v) is 6.08. The molecule has 0 aromatic carbocycles. The number of amides is 1. The Labute approximate surface area is 103 Å². The maximum absolute atomic E-state index is 11.7. The van der Waals surface area contributed by atoms with Crippen molar-refractivity contribution in [1.29, 1.82) is 0 Å². The number of aliphatic carboxylic acids is 1. The quantitative estimate of drug-likeness (QED) is 0.726. The van der Waals surface area contributed by atoms with E-state index in [1.807, 2.05) is 11.4 Å². The molecule has 0 radical (unpaired) electrons. The molecule has 6 heteroatoms. The van der Waals surface area contributed by atoms with Gasteiger partial charge in [-0.3, -0.25) is 9.59 Å². The van der Waals surface area contributed by atoms with Gasteiger partial charge in [0, 0.05) is 25.6 Å². The molecule has 0 aliphatic rings. The van der Waals surface area contributed by atoms with Gasteiger partial charge in [-0.05, 0) is 17.9 Å². The molecule has 0 saturated heterocycles. The van der Waals surface area contributed by atoms with Gasteiger partial charge in [0.25, 0.3) is 5.91 Å². The second-order valence-electron chi connectivity index (χ2n) is 3.46. The molecule has 0 atom stereocenters. The van der Waals surface area contributed by atoms with Gasteiger partial charge in [-0.1, -0.05) is 0 Å². The number of rotatable bonds is 7. The van der Waals surface area contributed by atoms with E-state index >= 15 is 0 Å². The fourth-order valence-corrected chi connectivity index (χ4v) is 2.15. The van der Waals surface area contributed by atoms with E-state index in [0.717, 1.165) is 5.56 Å². The van der Waals surface area contributed by atoms with E-state index in [0.29, 0.717) is 24.4 Å². The molecule has 0 spiro atoms. The van der Waals surface area contributed by atoms with Gasteiger partial charge in [-0.15, -0.1) is 11.3 Å². The van der Waals surface area contributed by atoms with Crippen molar-refractivity contribution in [2.45, 2.75) is 19.4 Å². The molecule has 0 fully saturated rings. The van der Waals surface area contributed by atoms with E-state index in [2.05, 4.69) is 5.32 Å². The molecule has 17 heavy (non-hydrogen) atoms. The van der Waals surface area contributed by atoms with Crippen molar-refractivity contribution in [1.82, 2.24) is 5.32 Å². The zero-order chi connectivity index (χ0) is 12.7. The van der Waals surface area contributed by atoms with Crippen molar-refractivity contribution in [2.24, 2.45) is 0 Å². The van der Waals surface area contributed by atoms with E-state index in [4.69, 9.17) is 9.84 Å². The average Bonchev–Trinajstić information content (AvgIpc) is 2.72. The number of nitrogens with one attached hydrogen (secondary N) is 1. The minimum atomic E-state index is -0.851. The largest absolute Gasteiger partial charge is 0.481 e. The van der Waals surface area contributed by atoms with E-state index in [9.17, 15) is 9.59 Å². The predicted octanol–water partition coefficient (Wildman–Crippen LogP) is 1.49. The number of hydrogen-bond donors (Lipinski definition) is 2. The summed E-state index contributed by atoms with van der Waals surface area (Å²) in [6, 6.07) is 1.85. The van der Waals surface area contributed by atoms with Crippen LogP contribution in [0.5, 0.6) is 0 Å². The van der Waals surface area contributed by atoms with Crippen molar-refractivity contribution >= 4 is 23.2 Å². The topological polar surface area (TPSA) is 75.6 Å². The van der Waals surface area contributed by atoms with E-state index in [-0.39, 0.29) is 12.3 Å². The van der Waals surface area contributed by atoms with Crippen LogP contribution in [0.2, 0.25) is 0 Å². The highest BCUT2D eigenvalue weighted by Gasteiger charge is 2.12. The van der Waals surface area contributed by atoms with Gasteiger partial charge in [0.15, 0.2) is 0 Å². The minimum absolute atomic E-state index is 0.0651. The van der Waals surface area contributed by atoms with Crippen LogP contribution < -0.4 is 5.32 Å². The van der Waals surface area contributed by atoms with Crippen LogP contribution in [-0.4, -0.2) is 30.6 Å². The van der Waals surface area contributed by atoms with Crippen LogP contribution >= 0.6 is 11.3 Å². The molecule has 1 aromatic heterocycles. The maximum Gasteiger partial charge on any atom is 0.303 e. The van der Waals surface area contributed by atoms with Crippen LogP contribution in [0.1, 0.15) is 28.1 Å². The smallest absolute Gasteiger partial charge is 0.303 e. The highest BCUT2D eigenvalue weighted by Crippen LogP contribution is 2.17. The normalized spacial score (nSPS) is 10.2. The highest BCUT2D eigenvalue weighted by molar-refractivity contribution is 7.12. The summed E-state index contributed by atoms with van der Waals surface area (Å²) in [6.45, 7) is 0.775. The third-order valence-corrected chi connectivity index (χ3v) is 3.06.